The first-order chi connectivity index (χ1) is 12.8. The Morgan fingerprint density at radius 2 is 1.88 bits per heavy atom. The van der Waals surface area contributed by atoms with Crippen molar-refractivity contribution in [2.45, 2.75) is 38.8 Å². The first-order valence-electron chi connectivity index (χ1n) is 10.1. The third-order valence-corrected chi connectivity index (χ3v) is 7.07. The van der Waals surface area contributed by atoms with Crippen molar-refractivity contribution in [1.82, 2.24) is 15.1 Å². The highest BCUT2D eigenvalue weighted by Gasteiger charge is 2.36. The third kappa shape index (κ3) is 3.61. The number of fused-ring (bicyclic) bond motifs is 2. The Labute approximate surface area is 162 Å². The molecule has 26 heavy (non-hydrogen) atoms. The number of hydrogen-bond donors (Lipinski definition) is 1. The maximum atomic E-state index is 3.76. The van der Waals surface area contributed by atoms with Crippen molar-refractivity contribution in [2.24, 2.45) is 0 Å². The van der Waals surface area contributed by atoms with Gasteiger partial charge in [-0.3, -0.25) is 4.90 Å². The van der Waals surface area contributed by atoms with E-state index in [9.17, 15) is 0 Å². The number of likely N-dealkylation sites (N-methyl/N-ethyl adjacent to an activating group) is 1. The Bertz CT molecular complexity index is 716. The number of aryl methyl sites for hydroxylation is 2. The molecule has 0 radical (unpaired) electrons. The summed E-state index contributed by atoms with van der Waals surface area (Å²) >= 11 is 1.94. The molecule has 0 spiro atoms. The molecule has 2 aliphatic rings. The molecule has 1 atom stereocenters. The summed E-state index contributed by atoms with van der Waals surface area (Å²) in [6, 6.07) is 12.6. The molecule has 1 aliphatic heterocycles. The summed E-state index contributed by atoms with van der Waals surface area (Å²) in [5.74, 6) is 0. The Balaban J connectivity index is 1.42. The van der Waals surface area contributed by atoms with Crippen molar-refractivity contribution in [3.8, 4) is 0 Å². The number of rotatable bonds is 7. The fourth-order valence-corrected chi connectivity index (χ4v) is 5.37. The Hall–Kier alpha value is -1.20. The van der Waals surface area contributed by atoms with Crippen LogP contribution in [0, 0.1) is 0 Å². The molecule has 1 aromatic heterocycles. The van der Waals surface area contributed by atoms with E-state index in [4.69, 9.17) is 0 Å². The minimum Gasteiger partial charge on any atom is -0.310 e. The van der Waals surface area contributed by atoms with Gasteiger partial charge in [-0.05, 0) is 54.1 Å². The fraction of sp³-hybridized carbons (Fsp3) is 0.545. The van der Waals surface area contributed by atoms with Crippen LogP contribution < -0.4 is 5.32 Å². The molecule has 2 aromatic rings. The SMILES string of the molecule is CCN(CC)CCNC1CN(C2c3ccccc3CCc3sccc32)C1. The summed E-state index contributed by atoms with van der Waals surface area (Å²) in [5, 5.41) is 6.05. The van der Waals surface area contributed by atoms with Crippen LogP contribution >= 0.6 is 11.3 Å². The average Bonchev–Trinajstić information content (AvgIpc) is 3.04. The van der Waals surface area contributed by atoms with Gasteiger partial charge in [0.2, 0.25) is 0 Å². The van der Waals surface area contributed by atoms with Gasteiger partial charge in [-0.25, -0.2) is 0 Å². The van der Waals surface area contributed by atoms with Gasteiger partial charge in [0.25, 0.3) is 0 Å². The number of benzene rings is 1. The quantitative estimate of drug-likeness (QED) is 0.805. The van der Waals surface area contributed by atoms with Gasteiger partial charge in [0.05, 0.1) is 6.04 Å². The van der Waals surface area contributed by atoms with E-state index in [-0.39, 0.29) is 0 Å². The number of likely N-dealkylation sites (tertiary alicyclic amines) is 1. The summed E-state index contributed by atoms with van der Waals surface area (Å²) in [7, 11) is 0. The number of hydrogen-bond acceptors (Lipinski definition) is 4. The van der Waals surface area contributed by atoms with E-state index >= 15 is 0 Å². The van der Waals surface area contributed by atoms with Crippen LogP contribution in [0.2, 0.25) is 0 Å². The Morgan fingerprint density at radius 3 is 2.69 bits per heavy atom. The summed E-state index contributed by atoms with van der Waals surface area (Å²) in [4.78, 5) is 6.75. The van der Waals surface area contributed by atoms with Crippen LogP contribution in [-0.4, -0.2) is 55.1 Å². The summed E-state index contributed by atoms with van der Waals surface area (Å²) in [5.41, 5.74) is 4.63. The zero-order valence-electron chi connectivity index (χ0n) is 16.1. The zero-order valence-corrected chi connectivity index (χ0v) is 16.9. The summed E-state index contributed by atoms with van der Waals surface area (Å²) in [6.07, 6.45) is 2.37. The standard InChI is InChI=1S/C22H31N3S/c1-3-24(4-2)13-12-23-18-15-25(16-18)22-19-8-6-5-7-17(19)9-10-21-20(22)11-14-26-21/h5-8,11,14,18,22-23H,3-4,9-10,12-13,15-16H2,1-2H3. The average molecular weight is 370 g/mol. The molecular formula is C22H31N3S. The van der Waals surface area contributed by atoms with E-state index in [2.05, 4.69) is 64.7 Å². The molecule has 1 aliphatic carbocycles. The first kappa shape index (κ1) is 18.2. The lowest BCUT2D eigenvalue weighted by Crippen LogP contribution is -2.59. The minimum absolute atomic E-state index is 0.454. The van der Waals surface area contributed by atoms with Crippen LogP contribution in [-0.2, 0) is 12.8 Å². The maximum Gasteiger partial charge on any atom is 0.0616 e. The van der Waals surface area contributed by atoms with Crippen LogP contribution in [0.5, 0.6) is 0 Å². The molecule has 1 aromatic carbocycles. The molecule has 4 heteroatoms. The van der Waals surface area contributed by atoms with Gasteiger partial charge in [0, 0.05) is 37.1 Å². The molecule has 3 nitrogen and oxygen atoms in total. The van der Waals surface area contributed by atoms with E-state index in [0.717, 1.165) is 39.3 Å². The largest absolute Gasteiger partial charge is 0.310 e. The van der Waals surface area contributed by atoms with Crippen molar-refractivity contribution in [3.05, 3.63) is 57.3 Å². The van der Waals surface area contributed by atoms with Crippen molar-refractivity contribution in [3.63, 3.8) is 0 Å². The monoisotopic (exact) mass is 369 g/mol. The topological polar surface area (TPSA) is 18.5 Å². The van der Waals surface area contributed by atoms with E-state index in [1.807, 2.05) is 11.3 Å². The van der Waals surface area contributed by atoms with E-state index in [1.54, 1.807) is 16.0 Å². The summed E-state index contributed by atoms with van der Waals surface area (Å²) in [6.45, 7) is 11.4. The number of thiophene rings is 1. The van der Waals surface area contributed by atoms with Crippen molar-refractivity contribution in [1.29, 1.82) is 0 Å². The van der Waals surface area contributed by atoms with Gasteiger partial charge in [-0.15, -0.1) is 11.3 Å². The molecule has 1 fully saturated rings. The normalized spacial score (nSPS) is 20.5. The highest BCUT2D eigenvalue weighted by atomic mass is 32.1. The van der Waals surface area contributed by atoms with Gasteiger partial charge in [-0.1, -0.05) is 38.1 Å². The van der Waals surface area contributed by atoms with Crippen LogP contribution in [0.3, 0.4) is 0 Å². The second-order valence-corrected chi connectivity index (χ2v) is 8.53. The predicted molar refractivity (Wildman–Crippen MR) is 111 cm³/mol. The molecule has 0 saturated carbocycles. The lowest BCUT2D eigenvalue weighted by Gasteiger charge is -2.45. The van der Waals surface area contributed by atoms with Gasteiger partial charge < -0.3 is 10.2 Å². The first-order valence-corrected chi connectivity index (χ1v) is 11.0. The number of nitrogens with zero attached hydrogens (tertiary/aromatic N) is 2. The molecular weight excluding hydrogens is 338 g/mol. The molecule has 0 bridgehead atoms. The van der Waals surface area contributed by atoms with E-state index in [1.165, 1.54) is 18.4 Å². The fourth-order valence-electron chi connectivity index (χ4n) is 4.45. The predicted octanol–water partition coefficient (Wildman–Crippen LogP) is 3.55. The Morgan fingerprint density at radius 1 is 1.08 bits per heavy atom. The van der Waals surface area contributed by atoms with Gasteiger partial charge in [0.15, 0.2) is 0 Å². The minimum atomic E-state index is 0.454. The van der Waals surface area contributed by atoms with Crippen LogP contribution in [0.4, 0.5) is 0 Å². The van der Waals surface area contributed by atoms with Gasteiger partial charge in [-0.2, -0.15) is 0 Å². The molecule has 1 unspecified atom stereocenters. The molecule has 0 amide bonds. The second-order valence-electron chi connectivity index (χ2n) is 7.53. The van der Waals surface area contributed by atoms with Crippen molar-refractivity contribution in [2.75, 3.05) is 39.3 Å². The van der Waals surface area contributed by atoms with Crippen LogP contribution in [0.1, 0.15) is 41.5 Å². The lowest BCUT2D eigenvalue weighted by atomic mass is 9.92. The smallest absolute Gasteiger partial charge is 0.0616 e. The molecule has 1 N–H and O–H groups in total. The second kappa shape index (κ2) is 8.22. The Kier molecular flexibility index (Phi) is 5.75. The third-order valence-electron chi connectivity index (χ3n) is 6.08. The molecule has 1 saturated heterocycles. The van der Waals surface area contributed by atoms with Crippen molar-refractivity contribution >= 4 is 11.3 Å². The summed E-state index contributed by atoms with van der Waals surface area (Å²) < 4.78 is 0. The van der Waals surface area contributed by atoms with Crippen molar-refractivity contribution < 1.29 is 0 Å². The zero-order chi connectivity index (χ0) is 17.9. The highest BCUT2D eigenvalue weighted by molar-refractivity contribution is 7.10. The van der Waals surface area contributed by atoms with Crippen LogP contribution in [0.15, 0.2) is 35.7 Å². The van der Waals surface area contributed by atoms with E-state index < -0.39 is 0 Å². The molecule has 2 heterocycles. The molecule has 140 valence electrons. The van der Waals surface area contributed by atoms with E-state index in [0.29, 0.717) is 12.1 Å². The van der Waals surface area contributed by atoms with Gasteiger partial charge in [0.1, 0.15) is 0 Å². The number of nitrogens with one attached hydrogen (secondary N) is 1. The lowest BCUT2D eigenvalue weighted by molar-refractivity contribution is 0.0913. The highest BCUT2D eigenvalue weighted by Crippen LogP contribution is 2.40. The van der Waals surface area contributed by atoms with Crippen LogP contribution in [0.25, 0.3) is 0 Å². The van der Waals surface area contributed by atoms with Gasteiger partial charge >= 0.3 is 0 Å². The maximum absolute atomic E-state index is 3.76. The molecule has 4 rings (SSSR count).